The number of nitrogens with one attached hydrogen (secondary N) is 1. The standard InChI is InChI=1S/C34H42N2O5/c1-5-6-17-41-33-21-27-25(20-32(33)40-4)15-16-36(29(27)18-23-11-14-30(38-2)31(19-23)39-3)22-34(37)35-28-13-12-24-9-7-8-10-26(24)28/h7-11,14,19-21,28-29H,5-6,12-13,15-18,22H2,1-4H3,(H,35,37). The smallest absolute Gasteiger partial charge is 0.234 e. The van der Waals surface area contributed by atoms with Gasteiger partial charge in [0.05, 0.1) is 40.5 Å². The highest BCUT2D eigenvalue weighted by Gasteiger charge is 2.32. The first kappa shape index (κ1) is 28.8. The monoisotopic (exact) mass is 558 g/mol. The van der Waals surface area contributed by atoms with Crippen LogP contribution in [0, 0.1) is 0 Å². The molecular formula is C34H42N2O5. The third-order valence-electron chi connectivity index (χ3n) is 8.34. The Balaban J connectivity index is 1.43. The summed E-state index contributed by atoms with van der Waals surface area (Å²) < 4.78 is 23.0. The van der Waals surface area contributed by atoms with Gasteiger partial charge in [-0.3, -0.25) is 9.69 Å². The van der Waals surface area contributed by atoms with Crippen molar-refractivity contribution in [2.24, 2.45) is 0 Å². The molecule has 3 aromatic rings. The van der Waals surface area contributed by atoms with Crippen LogP contribution in [-0.4, -0.2) is 51.8 Å². The Hall–Kier alpha value is -3.71. The molecule has 2 unspecified atom stereocenters. The topological polar surface area (TPSA) is 69.3 Å². The first-order chi connectivity index (χ1) is 20.0. The van der Waals surface area contributed by atoms with Crippen LogP contribution in [0.1, 0.15) is 66.1 Å². The van der Waals surface area contributed by atoms with Crippen LogP contribution in [0.25, 0.3) is 0 Å². The van der Waals surface area contributed by atoms with Crippen LogP contribution in [0.3, 0.4) is 0 Å². The number of carbonyl (C=O) groups is 1. The van der Waals surface area contributed by atoms with E-state index >= 15 is 0 Å². The number of unbranched alkanes of at least 4 members (excludes halogenated alkanes) is 1. The Morgan fingerprint density at radius 2 is 1.66 bits per heavy atom. The molecule has 0 spiro atoms. The van der Waals surface area contributed by atoms with Crippen molar-refractivity contribution < 1.29 is 23.7 Å². The number of hydrogen-bond donors (Lipinski definition) is 1. The van der Waals surface area contributed by atoms with Crippen molar-refractivity contribution in [3.05, 3.63) is 82.4 Å². The number of amides is 1. The first-order valence-corrected chi connectivity index (χ1v) is 14.7. The van der Waals surface area contributed by atoms with Gasteiger partial charge in [0.2, 0.25) is 5.91 Å². The number of nitrogens with zero attached hydrogens (tertiary/aromatic N) is 1. The Labute approximate surface area is 243 Å². The van der Waals surface area contributed by atoms with Crippen molar-refractivity contribution >= 4 is 5.91 Å². The fourth-order valence-electron chi connectivity index (χ4n) is 6.15. The summed E-state index contributed by atoms with van der Waals surface area (Å²) in [6.07, 6.45) is 5.54. The minimum Gasteiger partial charge on any atom is -0.493 e. The van der Waals surface area contributed by atoms with Crippen LogP contribution >= 0.6 is 0 Å². The average molecular weight is 559 g/mol. The zero-order valence-electron chi connectivity index (χ0n) is 24.7. The Kier molecular flexibility index (Phi) is 9.35. The molecule has 1 N–H and O–H groups in total. The minimum absolute atomic E-state index is 0.0158. The molecule has 0 radical (unpaired) electrons. The molecule has 41 heavy (non-hydrogen) atoms. The summed E-state index contributed by atoms with van der Waals surface area (Å²) in [5, 5.41) is 3.33. The molecule has 0 bridgehead atoms. The molecule has 2 aliphatic rings. The second kappa shape index (κ2) is 13.3. The van der Waals surface area contributed by atoms with Crippen molar-refractivity contribution in [2.75, 3.05) is 41.0 Å². The van der Waals surface area contributed by atoms with Gasteiger partial charge in [-0.05, 0) is 84.2 Å². The number of methoxy groups -OCH3 is 3. The van der Waals surface area contributed by atoms with Gasteiger partial charge in [0.25, 0.3) is 0 Å². The molecule has 1 amide bonds. The highest BCUT2D eigenvalue weighted by Crippen LogP contribution is 2.41. The van der Waals surface area contributed by atoms with Gasteiger partial charge in [0, 0.05) is 12.6 Å². The SMILES string of the molecule is CCCCOc1cc2c(cc1OC)CCN(CC(=O)NC1CCc3ccccc31)C2Cc1ccc(OC)c(OC)c1. The molecule has 1 heterocycles. The summed E-state index contributed by atoms with van der Waals surface area (Å²) in [7, 11) is 4.99. The lowest BCUT2D eigenvalue weighted by Gasteiger charge is -2.38. The van der Waals surface area contributed by atoms with E-state index in [1.807, 2.05) is 12.1 Å². The lowest BCUT2D eigenvalue weighted by molar-refractivity contribution is -0.123. The van der Waals surface area contributed by atoms with E-state index in [9.17, 15) is 4.79 Å². The highest BCUT2D eigenvalue weighted by molar-refractivity contribution is 5.79. The Morgan fingerprint density at radius 1 is 0.878 bits per heavy atom. The number of ether oxygens (including phenoxy) is 4. The summed E-state index contributed by atoms with van der Waals surface area (Å²) >= 11 is 0. The molecule has 218 valence electrons. The van der Waals surface area contributed by atoms with Crippen LogP contribution < -0.4 is 24.3 Å². The maximum atomic E-state index is 13.5. The van der Waals surface area contributed by atoms with Crippen molar-refractivity contribution in [1.82, 2.24) is 10.2 Å². The van der Waals surface area contributed by atoms with Gasteiger partial charge >= 0.3 is 0 Å². The minimum atomic E-state index is -0.0158. The Bertz CT molecular complexity index is 1360. The van der Waals surface area contributed by atoms with Crippen LogP contribution in [0.15, 0.2) is 54.6 Å². The Morgan fingerprint density at radius 3 is 2.44 bits per heavy atom. The lowest BCUT2D eigenvalue weighted by atomic mass is 9.88. The first-order valence-electron chi connectivity index (χ1n) is 14.7. The molecule has 7 nitrogen and oxygen atoms in total. The van der Waals surface area contributed by atoms with E-state index in [2.05, 4.69) is 59.6 Å². The van der Waals surface area contributed by atoms with Gasteiger partial charge in [-0.1, -0.05) is 43.7 Å². The quantitative estimate of drug-likeness (QED) is 0.282. The molecule has 1 aliphatic carbocycles. The second-order valence-corrected chi connectivity index (χ2v) is 10.9. The van der Waals surface area contributed by atoms with E-state index in [0.717, 1.165) is 55.7 Å². The maximum Gasteiger partial charge on any atom is 0.234 e. The predicted octanol–water partition coefficient (Wildman–Crippen LogP) is 5.84. The van der Waals surface area contributed by atoms with Gasteiger partial charge < -0.3 is 24.3 Å². The van der Waals surface area contributed by atoms with E-state index in [4.69, 9.17) is 18.9 Å². The largest absolute Gasteiger partial charge is 0.493 e. The maximum absolute atomic E-state index is 13.5. The van der Waals surface area contributed by atoms with Crippen LogP contribution in [-0.2, 0) is 24.1 Å². The number of fused-ring (bicyclic) bond motifs is 2. The normalized spacial score (nSPS) is 17.9. The molecular weight excluding hydrogens is 516 g/mol. The van der Waals surface area contributed by atoms with Gasteiger partial charge in [0.15, 0.2) is 23.0 Å². The summed E-state index contributed by atoms with van der Waals surface area (Å²) in [6.45, 7) is 3.90. The number of rotatable bonds is 12. The molecule has 0 saturated carbocycles. The van der Waals surface area contributed by atoms with E-state index < -0.39 is 0 Å². The fourth-order valence-corrected chi connectivity index (χ4v) is 6.15. The van der Waals surface area contributed by atoms with E-state index in [1.165, 1.54) is 22.3 Å². The van der Waals surface area contributed by atoms with Crippen LogP contribution in [0.2, 0.25) is 0 Å². The summed E-state index contributed by atoms with van der Waals surface area (Å²) in [4.78, 5) is 15.8. The molecule has 0 saturated heterocycles. The van der Waals surface area contributed by atoms with Gasteiger partial charge in [-0.25, -0.2) is 0 Å². The third-order valence-corrected chi connectivity index (χ3v) is 8.34. The molecule has 2 atom stereocenters. The van der Waals surface area contributed by atoms with Crippen molar-refractivity contribution in [3.8, 4) is 23.0 Å². The summed E-state index contributed by atoms with van der Waals surface area (Å²) in [5.74, 6) is 2.97. The van der Waals surface area contributed by atoms with Crippen molar-refractivity contribution in [3.63, 3.8) is 0 Å². The molecule has 0 fully saturated rings. The lowest BCUT2D eigenvalue weighted by Crippen LogP contribution is -2.44. The number of carbonyl (C=O) groups excluding carboxylic acids is 1. The van der Waals surface area contributed by atoms with Crippen LogP contribution in [0.5, 0.6) is 23.0 Å². The number of aryl methyl sites for hydroxylation is 1. The van der Waals surface area contributed by atoms with E-state index in [0.29, 0.717) is 31.1 Å². The zero-order chi connectivity index (χ0) is 28.8. The summed E-state index contributed by atoms with van der Waals surface area (Å²) in [5.41, 5.74) is 6.10. The summed E-state index contributed by atoms with van der Waals surface area (Å²) in [6, 6.07) is 18.8. The highest BCUT2D eigenvalue weighted by atomic mass is 16.5. The fraction of sp³-hybridized carbons (Fsp3) is 0.441. The van der Waals surface area contributed by atoms with Crippen LogP contribution in [0.4, 0.5) is 0 Å². The molecule has 3 aromatic carbocycles. The van der Waals surface area contributed by atoms with Gasteiger partial charge in [0.1, 0.15) is 0 Å². The predicted molar refractivity (Wildman–Crippen MR) is 160 cm³/mol. The zero-order valence-corrected chi connectivity index (χ0v) is 24.7. The van der Waals surface area contributed by atoms with Gasteiger partial charge in [-0.2, -0.15) is 0 Å². The van der Waals surface area contributed by atoms with E-state index in [1.54, 1.807) is 21.3 Å². The molecule has 1 aliphatic heterocycles. The average Bonchev–Trinajstić information content (AvgIpc) is 3.40. The second-order valence-electron chi connectivity index (χ2n) is 10.9. The van der Waals surface area contributed by atoms with E-state index in [-0.39, 0.29) is 18.0 Å². The molecule has 5 rings (SSSR count). The van der Waals surface area contributed by atoms with Crippen molar-refractivity contribution in [2.45, 2.75) is 57.5 Å². The molecule has 0 aromatic heterocycles. The molecule has 7 heteroatoms. The number of benzene rings is 3. The number of hydrogen-bond acceptors (Lipinski definition) is 6. The third kappa shape index (κ3) is 6.46. The van der Waals surface area contributed by atoms with Crippen molar-refractivity contribution in [1.29, 1.82) is 0 Å². The van der Waals surface area contributed by atoms with Gasteiger partial charge in [-0.15, -0.1) is 0 Å².